The van der Waals surface area contributed by atoms with Crippen LogP contribution in [0.1, 0.15) is 49.6 Å². The van der Waals surface area contributed by atoms with Crippen LogP contribution >= 0.6 is 11.3 Å². The van der Waals surface area contributed by atoms with Gasteiger partial charge >= 0.3 is 5.56 Å². The summed E-state index contributed by atoms with van der Waals surface area (Å²) in [7, 11) is 1.51. The number of hydrogen-bond acceptors (Lipinski definition) is 8. The van der Waals surface area contributed by atoms with Crippen LogP contribution in [0.5, 0.6) is 0 Å². The Kier molecular flexibility index (Phi) is 6.26. The van der Waals surface area contributed by atoms with E-state index in [-0.39, 0.29) is 30.2 Å². The van der Waals surface area contributed by atoms with Crippen LogP contribution in [0.15, 0.2) is 23.1 Å². The number of aryl methyl sites for hydroxylation is 2. The van der Waals surface area contributed by atoms with Crippen LogP contribution in [0, 0.1) is 24.1 Å². The maximum atomic E-state index is 15.5. The van der Waals surface area contributed by atoms with Gasteiger partial charge in [-0.2, -0.15) is 9.65 Å². The van der Waals surface area contributed by atoms with Crippen molar-refractivity contribution < 1.29 is 4.39 Å². The van der Waals surface area contributed by atoms with Gasteiger partial charge in [0, 0.05) is 38.3 Å². The van der Waals surface area contributed by atoms with Crippen molar-refractivity contribution in [1.29, 1.82) is 5.26 Å². The standard InChI is InChI=1S/C25H29FN8OS/c1-6-18-13-32(22-21(26)25(35)31(5)34-12-17(9-10-27)29-23(22)34)14(2)11-33(18)15(3)19-7-8-20-24(30-19)36-16(4)28-20/h7-8,12,14-15,18H,6,9,11,13H2,1-5H3/t14-,15?,18+/m0/s1. The van der Waals surface area contributed by atoms with E-state index in [2.05, 4.69) is 34.8 Å². The number of anilines is 1. The lowest BCUT2D eigenvalue weighted by Gasteiger charge is -2.48. The highest BCUT2D eigenvalue weighted by Gasteiger charge is 2.37. The van der Waals surface area contributed by atoms with Gasteiger partial charge in [0.15, 0.2) is 5.65 Å². The van der Waals surface area contributed by atoms with Crippen LogP contribution in [0.2, 0.25) is 0 Å². The molecule has 0 aromatic carbocycles. The quantitative estimate of drug-likeness (QED) is 0.406. The Hall–Kier alpha value is -3.36. The lowest BCUT2D eigenvalue weighted by molar-refractivity contribution is 0.104. The van der Waals surface area contributed by atoms with Crippen molar-refractivity contribution in [2.75, 3.05) is 18.0 Å². The molecule has 5 rings (SSSR count). The first-order valence-corrected chi connectivity index (χ1v) is 12.9. The molecule has 0 aliphatic carbocycles. The second-order valence-electron chi connectivity index (χ2n) is 9.46. The predicted octanol–water partition coefficient (Wildman–Crippen LogP) is 3.60. The van der Waals surface area contributed by atoms with Crippen LogP contribution in [0.25, 0.3) is 16.0 Å². The first-order valence-electron chi connectivity index (χ1n) is 12.1. The van der Waals surface area contributed by atoms with E-state index >= 15 is 4.39 Å². The van der Waals surface area contributed by atoms with Crippen molar-refractivity contribution in [2.45, 2.75) is 58.7 Å². The molecule has 0 bridgehead atoms. The van der Waals surface area contributed by atoms with Gasteiger partial charge in [0.25, 0.3) is 0 Å². The number of imidazole rings is 1. The molecule has 1 aliphatic heterocycles. The molecular formula is C25H29FN8OS. The molecule has 0 amide bonds. The molecule has 1 aliphatic rings. The van der Waals surface area contributed by atoms with Crippen molar-refractivity contribution in [3.8, 4) is 6.07 Å². The normalized spacial score (nSPS) is 19.8. The van der Waals surface area contributed by atoms with E-state index < -0.39 is 11.4 Å². The maximum Gasteiger partial charge on any atom is 0.303 e. The number of aromatic nitrogens is 5. The third-order valence-corrected chi connectivity index (χ3v) is 8.05. The minimum Gasteiger partial charge on any atom is -0.360 e. The fourth-order valence-electron chi connectivity index (χ4n) is 5.23. The van der Waals surface area contributed by atoms with E-state index in [0.29, 0.717) is 24.4 Å². The molecule has 36 heavy (non-hydrogen) atoms. The Morgan fingerprint density at radius 3 is 2.78 bits per heavy atom. The first kappa shape index (κ1) is 24.3. The molecule has 0 N–H and O–H groups in total. The SMILES string of the molecule is CC[C@@H]1CN(c2c(F)c(=O)n(C)n3cc(CC#N)nc23)[C@@H](C)CN1C(C)c1ccc2nc(C)sc2n1. The molecule has 0 saturated carbocycles. The van der Waals surface area contributed by atoms with Gasteiger partial charge in [0.05, 0.1) is 35.1 Å². The number of pyridine rings is 1. The van der Waals surface area contributed by atoms with Crippen LogP contribution in [-0.2, 0) is 13.5 Å². The largest absolute Gasteiger partial charge is 0.360 e. The van der Waals surface area contributed by atoms with Gasteiger partial charge in [-0.15, -0.1) is 0 Å². The zero-order valence-electron chi connectivity index (χ0n) is 21.1. The van der Waals surface area contributed by atoms with Crippen molar-refractivity contribution in [2.24, 2.45) is 7.05 Å². The molecule has 4 aromatic rings. The van der Waals surface area contributed by atoms with Gasteiger partial charge in [-0.1, -0.05) is 18.3 Å². The second kappa shape index (κ2) is 9.26. The molecule has 0 radical (unpaired) electrons. The lowest BCUT2D eigenvalue weighted by Crippen LogP contribution is -2.58. The third-order valence-electron chi connectivity index (χ3n) is 7.17. The molecule has 5 heterocycles. The number of fused-ring (bicyclic) bond motifs is 2. The monoisotopic (exact) mass is 508 g/mol. The van der Waals surface area contributed by atoms with Gasteiger partial charge < -0.3 is 4.90 Å². The highest BCUT2D eigenvalue weighted by Crippen LogP contribution is 2.34. The minimum absolute atomic E-state index is 0.0634. The fourth-order valence-corrected chi connectivity index (χ4v) is 6.02. The molecule has 11 heteroatoms. The zero-order valence-corrected chi connectivity index (χ0v) is 21.9. The van der Waals surface area contributed by atoms with Crippen molar-refractivity contribution >= 4 is 33.0 Å². The summed E-state index contributed by atoms with van der Waals surface area (Å²) in [5.41, 5.74) is 2.26. The number of nitriles is 1. The van der Waals surface area contributed by atoms with Gasteiger partial charge in [0.1, 0.15) is 16.0 Å². The summed E-state index contributed by atoms with van der Waals surface area (Å²) in [5.74, 6) is -0.810. The topological polar surface area (TPSA) is 95.3 Å². The summed E-state index contributed by atoms with van der Waals surface area (Å²) in [6.45, 7) is 9.53. The Labute approximate surface area is 212 Å². The van der Waals surface area contributed by atoms with E-state index in [4.69, 9.17) is 10.2 Å². The minimum atomic E-state index is -0.810. The van der Waals surface area contributed by atoms with Gasteiger partial charge in [0.2, 0.25) is 5.82 Å². The van der Waals surface area contributed by atoms with Crippen molar-refractivity contribution in [3.63, 3.8) is 0 Å². The molecule has 0 spiro atoms. The Bertz CT molecular complexity index is 1550. The molecule has 4 aromatic heterocycles. The Morgan fingerprint density at radius 2 is 2.06 bits per heavy atom. The predicted molar refractivity (Wildman–Crippen MR) is 138 cm³/mol. The number of nitrogens with zero attached hydrogens (tertiary/aromatic N) is 8. The molecule has 3 atom stereocenters. The van der Waals surface area contributed by atoms with Gasteiger partial charge in [-0.3, -0.25) is 9.69 Å². The summed E-state index contributed by atoms with van der Waals surface area (Å²) in [4.78, 5) is 32.0. The highest BCUT2D eigenvalue weighted by molar-refractivity contribution is 7.18. The second-order valence-corrected chi connectivity index (χ2v) is 10.6. The number of halogens is 1. The van der Waals surface area contributed by atoms with Gasteiger partial charge in [-0.25, -0.2) is 24.1 Å². The van der Waals surface area contributed by atoms with Gasteiger partial charge in [-0.05, 0) is 39.3 Å². The first-order chi connectivity index (χ1) is 17.2. The summed E-state index contributed by atoms with van der Waals surface area (Å²) in [5, 5.41) is 10.1. The Morgan fingerprint density at radius 1 is 1.28 bits per heavy atom. The average Bonchev–Trinajstić information content (AvgIpc) is 3.45. The molecule has 1 fully saturated rings. The zero-order chi connectivity index (χ0) is 25.7. The van der Waals surface area contributed by atoms with Crippen LogP contribution in [0.3, 0.4) is 0 Å². The summed E-state index contributed by atoms with van der Waals surface area (Å²) >= 11 is 1.59. The molecule has 9 nitrogen and oxygen atoms in total. The smallest absolute Gasteiger partial charge is 0.303 e. The molecule has 188 valence electrons. The summed E-state index contributed by atoms with van der Waals surface area (Å²) < 4.78 is 18.3. The average molecular weight is 509 g/mol. The number of piperazine rings is 1. The van der Waals surface area contributed by atoms with E-state index in [1.165, 1.54) is 11.7 Å². The van der Waals surface area contributed by atoms with E-state index in [1.807, 2.05) is 30.9 Å². The fraction of sp³-hybridized carbons (Fsp3) is 0.480. The summed E-state index contributed by atoms with van der Waals surface area (Å²) in [6.07, 6.45) is 2.57. The third kappa shape index (κ3) is 3.94. The van der Waals surface area contributed by atoms with E-state index in [1.54, 1.807) is 22.0 Å². The highest BCUT2D eigenvalue weighted by atomic mass is 32.1. The van der Waals surface area contributed by atoms with Crippen LogP contribution in [0.4, 0.5) is 10.1 Å². The molecule has 1 unspecified atom stereocenters. The maximum absolute atomic E-state index is 15.5. The van der Waals surface area contributed by atoms with Crippen molar-refractivity contribution in [3.05, 3.63) is 50.9 Å². The number of rotatable bonds is 5. The number of hydrogen-bond donors (Lipinski definition) is 0. The van der Waals surface area contributed by atoms with Crippen molar-refractivity contribution in [1.82, 2.24) is 29.0 Å². The number of thiazole rings is 1. The lowest BCUT2D eigenvalue weighted by atomic mass is 10.0. The van der Waals surface area contributed by atoms with Crippen LogP contribution in [-0.4, -0.2) is 54.2 Å². The molecular weight excluding hydrogens is 479 g/mol. The van der Waals surface area contributed by atoms with E-state index in [0.717, 1.165) is 27.5 Å². The molecule has 1 saturated heterocycles. The Balaban J connectivity index is 1.51. The van der Waals surface area contributed by atoms with Crippen LogP contribution < -0.4 is 10.5 Å². The van der Waals surface area contributed by atoms with E-state index in [9.17, 15) is 4.79 Å². The summed E-state index contributed by atoms with van der Waals surface area (Å²) in [6, 6.07) is 6.25.